The predicted molar refractivity (Wildman–Crippen MR) is 91.1 cm³/mol. The van der Waals surface area contributed by atoms with Gasteiger partial charge < -0.3 is 10.6 Å². The van der Waals surface area contributed by atoms with E-state index in [1.165, 1.54) is 18.3 Å². The summed E-state index contributed by atoms with van der Waals surface area (Å²) in [6, 6.07) is 6.95. The average Bonchev–Trinajstić information content (AvgIpc) is 2.64. The Hall–Kier alpha value is -3.56. The van der Waals surface area contributed by atoms with Crippen LogP contribution in [0.15, 0.2) is 54.9 Å². The lowest BCUT2D eigenvalue weighted by Gasteiger charge is -2.09. The van der Waals surface area contributed by atoms with Gasteiger partial charge >= 0.3 is 6.18 Å². The van der Waals surface area contributed by atoms with E-state index in [0.717, 1.165) is 30.5 Å². The molecule has 1 amide bonds. The van der Waals surface area contributed by atoms with E-state index in [1.54, 1.807) is 0 Å². The molecule has 144 valence electrons. The third-order valence-corrected chi connectivity index (χ3v) is 3.55. The van der Waals surface area contributed by atoms with Crippen LogP contribution in [0, 0.1) is 11.6 Å². The second-order valence-electron chi connectivity index (χ2n) is 5.57. The van der Waals surface area contributed by atoms with Gasteiger partial charge in [-0.25, -0.2) is 18.7 Å². The van der Waals surface area contributed by atoms with Crippen LogP contribution in [-0.4, -0.2) is 15.9 Å². The number of carbonyl (C=O) groups excluding carboxylic acids is 1. The highest BCUT2D eigenvalue weighted by molar-refractivity contribution is 6.02. The number of amides is 1. The summed E-state index contributed by atoms with van der Waals surface area (Å²) in [5.74, 6) is -2.31. The molecule has 1 aromatic heterocycles. The van der Waals surface area contributed by atoms with Crippen LogP contribution in [0.3, 0.4) is 0 Å². The van der Waals surface area contributed by atoms with Gasteiger partial charge in [0.1, 0.15) is 23.1 Å². The summed E-state index contributed by atoms with van der Waals surface area (Å²) in [4.78, 5) is 19.8. The fraction of sp³-hybridized carbons (Fsp3) is 0.0556. The number of benzene rings is 2. The van der Waals surface area contributed by atoms with Crippen molar-refractivity contribution in [3.63, 3.8) is 0 Å². The van der Waals surface area contributed by atoms with Crippen molar-refractivity contribution in [1.29, 1.82) is 0 Å². The maximum absolute atomic E-state index is 13.6. The van der Waals surface area contributed by atoms with E-state index in [4.69, 9.17) is 0 Å². The molecule has 0 unspecified atom stereocenters. The van der Waals surface area contributed by atoms with Gasteiger partial charge in [-0.2, -0.15) is 13.2 Å². The molecule has 3 rings (SSSR count). The molecule has 0 spiro atoms. The molecule has 0 saturated heterocycles. The highest BCUT2D eigenvalue weighted by Crippen LogP contribution is 2.30. The van der Waals surface area contributed by atoms with Gasteiger partial charge in [-0.15, -0.1) is 0 Å². The van der Waals surface area contributed by atoms with Crippen molar-refractivity contribution >= 4 is 23.1 Å². The van der Waals surface area contributed by atoms with Gasteiger partial charge in [0.05, 0.1) is 23.6 Å². The molecule has 28 heavy (non-hydrogen) atoms. The molecule has 0 aliphatic heterocycles. The average molecular weight is 394 g/mol. The molecule has 1 heterocycles. The van der Waals surface area contributed by atoms with Crippen molar-refractivity contribution < 1.29 is 26.7 Å². The van der Waals surface area contributed by atoms with Crippen LogP contribution >= 0.6 is 0 Å². The minimum atomic E-state index is -4.43. The third kappa shape index (κ3) is 4.58. The smallest absolute Gasteiger partial charge is 0.339 e. The maximum atomic E-state index is 13.6. The monoisotopic (exact) mass is 394 g/mol. The second kappa shape index (κ2) is 7.59. The van der Waals surface area contributed by atoms with Crippen LogP contribution < -0.4 is 10.6 Å². The number of aromatic nitrogens is 2. The van der Waals surface area contributed by atoms with Crippen LogP contribution in [-0.2, 0) is 6.18 Å². The molecule has 0 radical (unpaired) electrons. The van der Waals surface area contributed by atoms with Crippen LogP contribution in [0.2, 0.25) is 0 Å². The van der Waals surface area contributed by atoms with Crippen molar-refractivity contribution in [3.05, 3.63) is 77.8 Å². The number of hydrogen-bond donors (Lipinski definition) is 2. The van der Waals surface area contributed by atoms with Gasteiger partial charge in [0.25, 0.3) is 5.91 Å². The van der Waals surface area contributed by atoms with Crippen molar-refractivity contribution in [2.75, 3.05) is 10.6 Å². The van der Waals surface area contributed by atoms with E-state index in [2.05, 4.69) is 20.6 Å². The lowest BCUT2D eigenvalue weighted by Crippen LogP contribution is -2.15. The summed E-state index contributed by atoms with van der Waals surface area (Å²) < 4.78 is 64.1. The first-order valence-corrected chi connectivity index (χ1v) is 7.75. The summed E-state index contributed by atoms with van der Waals surface area (Å²) >= 11 is 0. The highest BCUT2D eigenvalue weighted by atomic mass is 19.4. The van der Waals surface area contributed by atoms with E-state index in [0.29, 0.717) is 11.8 Å². The first-order valence-electron chi connectivity index (χ1n) is 7.75. The fourth-order valence-corrected chi connectivity index (χ4v) is 2.18. The molecule has 3 aromatic rings. The molecule has 0 bridgehead atoms. The Balaban J connectivity index is 1.66. The molecule has 0 saturated carbocycles. The van der Waals surface area contributed by atoms with E-state index in [1.807, 2.05) is 0 Å². The number of rotatable bonds is 4. The Morgan fingerprint density at radius 1 is 0.929 bits per heavy atom. The zero-order chi connectivity index (χ0) is 20.3. The Bertz CT molecular complexity index is 988. The van der Waals surface area contributed by atoms with E-state index >= 15 is 0 Å². The van der Waals surface area contributed by atoms with Crippen LogP contribution in [0.1, 0.15) is 16.1 Å². The van der Waals surface area contributed by atoms with E-state index < -0.39 is 29.3 Å². The Morgan fingerprint density at radius 2 is 1.64 bits per heavy atom. The van der Waals surface area contributed by atoms with E-state index in [-0.39, 0.29) is 17.2 Å². The molecule has 0 aliphatic rings. The van der Waals surface area contributed by atoms with Gasteiger partial charge in [-0.3, -0.25) is 4.79 Å². The summed E-state index contributed by atoms with van der Waals surface area (Å²) in [5, 5.41) is 4.97. The largest absolute Gasteiger partial charge is 0.416 e. The maximum Gasteiger partial charge on any atom is 0.416 e. The number of alkyl halides is 3. The number of halogens is 5. The summed E-state index contributed by atoms with van der Waals surface area (Å²) in [7, 11) is 0. The first kappa shape index (κ1) is 19.2. The SMILES string of the molecule is O=C(Nc1ccc(F)cc1F)c1cnc(Nc2ccc(C(F)(F)F)cc2)cn1. The summed E-state index contributed by atoms with van der Waals surface area (Å²) in [6.45, 7) is 0. The topological polar surface area (TPSA) is 66.9 Å². The van der Waals surface area contributed by atoms with E-state index in [9.17, 15) is 26.7 Å². The van der Waals surface area contributed by atoms with Crippen molar-refractivity contribution in [2.24, 2.45) is 0 Å². The number of nitrogens with one attached hydrogen (secondary N) is 2. The van der Waals surface area contributed by atoms with Gasteiger partial charge in [-0.1, -0.05) is 0 Å². The predicted octanol–water partition coefficient (Wildman–Crippen LogP) is 4.77. The molecule has 2 N–H and O–H groups in total. The lowest BCUT2D eigenvalue weighted by atomic mass is 10.2. The molecular weight excluding hydrogens is 383 g/mol. The van der Waals surface area contributed by atoms with Gasteiger partial charge in [0, 0.05) is 11.8 Å². The van der Waals surface area contributed by atoms with Crippen LogP contribution in [0.5, 0.6) is 0 Å². The zero-order valence-electron chi connectivity index (χ0n) is 13.9. The van der Waals surface area contributed by atoms with Crippen molar-refractivity contribution in [3.8, 4) is 0 Å². The van der Waals surface area contributed by atoms with Crippen LogP contribution in [0.25, 0.3) is 0 Å². The minimum absolute atomic E-state index is 0.137. The standard InChI is InChI=1S/C18H11F5N4O/c19-11-3-6-14(13(20)7-11)27-17(28)15-8-25-16(9-24-15)26-12-4-1-10(2-5-12)18(21,22)23/h1-9H,(H,25,26)(H,27,28). The van der Waals surface area contributed by atoms with Gasteiger partial charge in [0.15, 0.2) is 0 Å². The zero-order valence-corrected chi connectivity index (χ0v) is 13.9. The quantitative estimate of drug-likeness (QED) is 0.626. The summed E-state index contributed by atoms with van der Waals surface area (Å²) in [5.41, 5.74) is -0.807. The normalized spacial score (nSPS) is 11.2. The molecule has 10 heteroatoms. The van der Waals surface area contributed by atoms with Crippen LogP contribution in [0.4, 0.5) is 39.1 Å². The molecule has 0 aliphatic carbocycles. The Labute approximate surface area is 155 Å². The van der Waals surface area contributed by atoms with Crippen molar-refractivity contribution in [1.82, 2.24) is 9.97 Å². The Kier molecular flexibility index (Phi) is 5.21. The molecule has 0 atom stereocenters. The minimum Gasteiger partial charge on any atom is -0.339 e. The fourth-order valence-electron chi connectivity index (χ4n) is 2.18. The van der Waals surface area contributed by atoms with Crippen molar-refractivity contribution in [2.45, 2.75) is 6.18 Å². The van der Waals surface area contributed by atoms with Gasteiger partial charge in [-0.05, 0) is 36.4 Å². The lowest BCUT2D eigenvalue weighted by molar-refractivity contribution is -0.137. The summed E-state index contributed by atoms with van der Waals surface area (Å²) in [6.07, 6.45) is -2.14. The first-order chi connectivity index (χ1) is 13.2. The number of hydrogen-bond acceptors (Lipinski definition) is 4. The number of carbonyl (C=O) groups is 1. The molecular formula is C18H11F5N4O. The highest BCUT2D eigenvalue weighted by Gasteiger charge is 2.29. The Morgan fingerprint density at radius 3 is 2.21 bits per heavy atom. The van der Waals surface area contributed by atoms with Gasteiger partial charge in [0.2, 0.25) is 0 Å². The third-order valence-electron chi connectivity index (χ3n) is 3.55. The second-order valence-corrected chi connectivity index (χ2v) is 5.57. The number of anilines is 3. The molecule has 0 fully saturated rings. The molecule has 5 nitrogen and oxygen atoms in total. The number of nitrogens with zero attached hydrogens (tertiary/aromatic N) is 2. The molecule has 2 aromatic carbocycles.